The second-order valence-corrected chi connectivity index (χ2v) is 6.89. The summed E-state index contributed by atoms with van der Waals surface area (Å²) in [7, 11) is 0. The first-order chi connectivity index (χ1) is 8.69. The van der Waals surface area contributed by atoms with E-state index in [1.54, 1.807) is 0 Å². The van der Waals surface area contributed by atoms with Gasteiger partial charge in [-0.15, -0.1) is 0 Å². The van der Waals surface area contributed by atoms with E-state index in [2.05, 4.69) is 63.8 Å². The third-order valence-electron chi connectivity index (χ3n) is 3.08. The molecular weight excluding hydrogens is 234 g/mol. The minimum Gasteiger partial charge on any atom is -0.314 e. The molecule has 0 atom stereocenters. The highest BCUT2D eigenvalue weighted by molar-refractivity contribution is 5.25. The maximum Gasteiger partial charge on any atom is 0.129 e. The molecule has 0 bridgehead atoms. The van der Waals surface area contributed by atoms with Crippen LogP contribution in [-0.2, 0) is 12.8 Å². The van der Waals surface area contributed by atoms with E-state index in [4.69, 9.17) is 0 Å². The van der Waals surface area contributed by atoms with Crippen LogP contribution in [0.15, 0.2) is 0 Å². The second-order valence-electron chi connectivity index (χ2n) is 6.89. The lowest BCUT2D eigenvalue weighted by molar-refractivity contribution is 0.399. The number of nitrogens with one attached hydrogen (secondary N) is 1. The molecule has 1 aromatic heterocycles. The normalized spacial score (nSPS) is 12.2. The fourth-order valence-electron chi connectivity index (χ4n) is 2.21. The number of aromatic nitrogens is 2. The molecule has 1 aromatic rings. The van der Waals surface area contributed by atoms with Gasteiger partial charge in [0.25, 0.3) is 0 Å². The van der Waals surface area contributed by atoms with Crippen LogP contribution in [-0.4, -0.2) is 22.6 Å². The molecule has 0 aliphatic heterocycles. The van der Waals surface area contributed by atoms with Gasteiger partial charge in [0.2, 0.25) is 0 Å². The summed E-state index contributed by atoms with van der Waals surface area (Å²) < 4.78 is 0. The zero-order valence-electron chi connectivity index (χ0n) is 13.6. The predicted molar refractivity (Wildman–Crippen MR) is 81.5 cm³/mol. The van der Waals surface area contributed by atoms with Crippen LogP contribution in [0.2, 0.25) is 0 Å². The summed E-state index contributed by atoms with van der Waals surface area (Å²) in [6.07, 6.45) is 1.94. The standard InChI is InChI=1S/C16H29N3/c1-11(2)17-9-8-14-12(3)18-15(19-13(14)4)10-16(5,6)7/h11,17H,8-10H2,1-7H3. The Bertz CT molecular complexity index is 393. The van der Waals surface area contributed by atoms with Gasteiger partial charge in [0.1, 0.15) is 5.82 Å². The molecule has 0 spiro atoms. The molecule has 0 unspecified atom stereocenters. The van der Waals surface area contributed by atoms with Crippen molar-refractivity contribution in [2.24, 2.45) is 5.41 Å². The van der Waals surface area contributed by atoms with Crippen LogP contribution in [0.25, 0.3) is 0 Å². The number of hydrogen-bond donors (Lipinski definition) is 1. The highest BCUT2D eigenvalue weighted by Crippen LogP contribution is 2.20. The number of nitrogens with zero attached hydrogens (tertiary/aromatic N) is 2. The topological polar surface area (TPSA) is 37.8 Å². The number of rotatable bonds is 5. The highest BCUT2D eigenvalue weighted by atomic mass is 14.9. The van der Waals surface area contributed by atoms with Crippen molar-refractivity contribution in [3.05, 3.63) is 22.8 Å². The molecule has 0 radical (unpaired) electrons. The zero-order chi connectivity index (χ0) is 14.6. The fourth-order valence-corrected chi connectivity index (χ4v) is 2.21. The maximum absolute atomic E-state index is 4.68. The largest absolute Gasteiger partial charge is 0.314 e. The Morgan fingerprint density at radius 2 is 1.58 bits per heavy atom. The maximum atomic E-state index is 4.68. The van der Waals surface area contributed by atoms with Crippen LogP contribution in [0, 0.1) is 19.3 Å². The summed E-state index contributed by atoms with van der Waals surface area (Å²) in [5, 5.41) is 3.45. The average Bonchev–Trinajstić information content (AvgIpc) is 2.19. The monoisotopic (exact) mass is 263 g/mol. The SMILES string of the molecule is Cc1nc(CC(C)(C)C)nc(C)c1CCNC(C)C. The summed E-state index contributed by atoms with van der Waals surface area (Å²) in [5.41, 5.74) is 3.81. The summed E-state index contributed by atoms with van der Waals surface area (Å²) in [6, 6.07) is 0.529. The van der Waals surface area contributed by atoms with E-state index in [0.29, 0.717) is 6.04 Å². The van der Waals surface area contributed by atoms with E-state index in [0.717, 1.165) is 36.6 Å². The molecule has 1 heterocycles. The molecule has 1 N–H and O–H groups in total. The Hall–Kier alpha value is -0.960. The smallest absolute Gasteiger partial charge is 0.129 e. The quantitative estimate of drug-likeness (QED) is 0.886. The van der Waals surface area contributed by atoms with Crippen LogP contribution in [0.3, 0.4) is 0 Å². The van der Waals surface area contributed by atoms with Gasteiger partial charge in [0.05, 0.1) is 0 Å². The lowest BCUT2D eigenvalue weighted by Crippen LogP contribution is -2.25. The van der Waals surface area contributed by atoms with Gasteiger partial charge in [-0.1, -0.05) is 34.6 Å². The highest BCUT2D eigenvalue weighted by Gasteiger charge is 2.15. The molecule has 0 aliphatic carbocycles. The molecule has 19 heavy (non-hydrogen) atoms. The first-order valence-corrected chi connectivity index (χ1v) is 7.25. The third-order valence-corrected chi connectivity index (χ3v) is 3.08. The predicted octanol–water partition coefficient (Wildman–Crippen LogP) is 3.22. The zero-order valence-corrected chi connectivity index (χ0v) is 13.6. The molecule has 3 nitrogen and oxygen atoms in total. The van der Waals surface area contributed by atoms with Crippen LogP contribution in [0.1, 0.15) is 57.4 Å². The summed E-state index contributed by atoms with van der Waals surface area (Å²) >= 11 is 0. The minimum absolute atomic E-state index is 0.236. The van der Waals surface area contributed by atoms with Gasteiger partial charge in [-0.05, 0) is 37.8 Å². The van der Waals surface area contributed by atoms with Crippen molar-refractivity contribution in [1.29, 1.82) is 0 Å². The second kappa shape index (κ2) is 6.47. The Labute approximate surface area is 118 Å². The third kappa shape index (κ3) is 5.68. The molecule has 0 saturated heterocycles. The summed E-state index contributed by atoms with van der Waals surface area (Å²) in [5.74, 6) is 0.975. The Morgan fingerprint density at radius 3 is 2.00 bits per heavy atom. The van der Waals surface area contributed by atoms with Gasteiger partial charge < -0.3 is 5.32 Å². The van der Waals surface area contributed by atoms with Crippen molar-refractivity contribution in [1.82, 2.24) is 15.3 Å². The van der Waals surface area contributed by atoms with Crippen molar-refractivity contribution in [2.75, 3.05) is 6.54 Å². The first-order valence-electron chi connectivity index (χ1n) is 7.25. The molecule has 0 aliphatic rings. The van der Waals surface area contributed by atoms with Gasteiger partial charge in [0.15, 0.2) is 0 Å². The summed E-state index contributed by atoms with van der Waals surface area (Å²) in [6.45, 7) is 16.2. The molecule has 3 heteroatoms. The Kier molecular flexibility index (Phi) is 5.48. The van der Waals surface area contributed by atoms with Gasteiger partial charge in [-0.3, -0.25) is 0 Å². The van der Waals surface area contributed by atoms with E-state index >= 15 is 0 Å². The summed E-state index contributed by atoms with van der Waals surface area (Å²) in [4.78, 5) is 9.36. The Morgan fingerprint density at radius 1 is 1.05 bits per heavy atom. The van der Waals surface area contributed by atoms with Gasteiger partial charge in [-0.2, -0.15) is 0 Å². The molecule has 0 aromatic carbocycles. The van der Waals surface area contributed by atoms with Gasteiger partial charge in [-0.25, -0.2) is 9.97 Å². The molecular formula is C16H29N3. The fraction of sp³-hybridized carbons (Fsp3) is 0.750. The molecule has 1 rings (SSSR count). The number of aryl methyl sites for hydroxylation is 2. The van der Waals surface area contributed by atoms with Crippen molar-refractivity contribution >= 4 is 0 Å². The van der Waals surface area contributed by atoms with Crippen LogP contribution < -0.4 is 5.32 Å². The molecule has 108 valence electrons. The van der Waals surface area contributed by atoms with E-state index in [1.165, 1.54) is 5.56 Å². The van der Waals surface area contributed by atoms with Gasteiger partial charge >= 0.3 is 0 Å². The van der Waals surface area contributed by atoms with Crippen molar-refractivity contribution in [3.63, 3.8) is 0 Å². The molecule has 0 fully saturated rings. The van der Waals surface area contributed by atoms with E-state index < -0.39 is 0 Å². The van der Waals surface area contributed by atoms with Crippen LogP contribution in [0.5, 0.6) is 0 Å². The van der Waals surface area contributed by atoms with Crippen molar-refractivity contribution < 1.29 is 0 Å². The van der Waals surface area contributed by atoms with E-state index in [9.17, 15) is 0 Å². The molecule has 0 amide bonds. The Balaban J connectivity index is 2.80. The van der Waals surface area contributed by atoms with Crippen molar-refractivity contribution in [3.8, 4) is 0 Å². The average molecular weight is 263 g/mol. The lowest BCUT2D eigenvalue weighted by atomic mass is 9.92. The lowest BCUT2D eigenvalue weighted by Gasteiger charge is -2.18. The van der Waals surface area contributed by atoms with E-state index in [1.807, 2.05) is 0 Å². The van der Waals surface area contributed by atoms with Crippen LogP contribution in [0.4, 0.5) is 0 Å². The van der Waals surface area contributed by atoms with Crippen LogP contribution >= 0.6 is 0 Å². The van der Waals surface area contributed by atoms with Gasteiger partial charge in [0, 0.05) is 23.9 Å². The minimum atomic E-state index is 0.236. The first kappa shape index (κ1) is 16.1. The van der Waals surface area contributed by atoms with Crippen molar-refractivity contribution in [2.45, 2.75) is 67.3 Å². The molecule has 0 saturated carbocycles. The van der Waals surface area contributed by atoms with E-state index in [-0.39, 0.29) is 5.41 Å². The number of hydrogen-bond acceptors (Lipinski definition) is 3.